The smallest absolute Gasteiger partial charge is 0.259 e. The molecule has 1 heterocycles. The van der Waals surface area contributed by atoms with Crippen molar-refractivity contribution in [3.05, 3.63) is 41.6 Å². The average Bonchev–Trinajstić information content (AvgIpc) is 2.61. The van der Waals surface area contributed by atoms with E-state index in [9.17, 15) is 4.79 Å². The number of methoxy groups -OCH3 is 1. The van der Waals surface area contributed by atoms with Crippen molar-refractivity contribution in [2.75, 3.05) is 32.8 Å². The number of anilines is 1. The Balaban J connectivity index is 1.89. The van der Waals surface area contributed by atoms with E-state index in [0.717, 1.165) is 11.3 Å². The predicted octanol–water partition coefficient (Wildman–Crippen LogP) is 1.61. The Labute approximate surface area is 145 Å². The zero-order chi connectivity index (χ0) is 17.5. The number of hydrogen-bond acceptors (Lipinski definition) is 7. The number of aromatic nitrogens is 2. The maximum atomic E-state index is 12.4. The van der Waals surface area contributed by atoms with Crippen molar-refractivity contribution in [2.24, 2.45) is 0 Å². The largest absolute Gasteiger partial charge is 0.497 e. The summed E-state index contributed by atoms with van der Waals surface area (Å²) in [7, 11) is 3.33. The van der Waals surface area contributed by atoms with E-state index in [2.05, 4.69) is 15.3 Å². The van der Waals surface area contributed by atoms with E-state index in [1.807, 2.05) is 30.5 Å². The molecule has 2 rings (SSSR count). The van der Waals surface area contributed by atoms with E-state index in [0.29, 0.717) is 23.9 Å². The first-order valence-electron chi connectivity index (χ1n) is 7.30. The van der Waals surface area contributed by atoms with Crippen molar-refractivity contribution in [3.63, 3.8) is 0 Å². The van der Waals surface area contributed by atoms with Gasteiger partial charge in [-0.3, -0.25) is 10.1 Å². The third kappa shape index (κ3) is 4.59. The zero-order valence-electron chi connectivity index (χ0n) is 13.9. The van der Waals surface area contributed by atoms with Crippen molar-refractivity contribution >= 4 is 23.5 Å². The number of carbonyl (C=O) groups is 1. The highest BCUT2D eigenvalue weighted by Crippen LogP contribution is 2.15. The molecule has 0 aliphatic heterocycles. The first kappa shape index (κ1) is 18.0. The molecule has 0 unspecified atom stereocenters. The lowest BCUT2D eigenvalue weighted by Crippen LogP contribution is -2.36. The van der Waals surface area contributed by atoms with Gasteiger partial charge in [0.1, 0.15) is 17.1 Å². The summed E-state index contributed by atoms with van der Waals surface area (Å²) in [4.78, 5) is 22.1. The van der Waals surface area contributed by atoms with E-state index >= 15 is 0 Å². The molecule has 1 aromatic carbocycles. The van der Waals surface area contributed by atoms with Crippen molar-refractivity contribution < 1.29 is 9.53 Å². The van der Waals surface area contributed by atoms with Crippen LogP contribution >= 0.6 is 11.8 Å². The van der Waals surface area contributed by atoms with E-state index in [1.54, 1.807) is 14.2 Å². The highest BCUT2D eigenvalue weighted by Gasteiger charge is 2.16. The highest BCUT2D eigenvalue weighted by molar-refractivity contribution is 7.98. The van der Waals surface area contributed by atoms with Gasteiger partial charge in [-0.05, 0) is 24.0 Å². The molecule has 0 aliphatic rings. The lowest BCUT2D eigenvalue weighted by Gasteiger charge is -2.18. The number of carbonyl (C=O) groups excluding carboxylic acids is 1. The van der Waals surface area contributed by atoms with Crippen LogP contribution in [-0.4, -0.2) is 47.9 Å². The number of nitrogens with two attached hydrogens (primary N) is 1. The lowest BCUT2D eigenvalue weighted by atomic mass is 10.2. The molecule has 0 bridgehead atoms. The van der Waals surface area contributed by atoms with Gasteiger partial charge in [-0.25, -0.2) is 9.97 Å². The second kappa shape index (κ2) is 8.51. The molecule has 3 N–H and O–H groups in total. The molecule has 8 heteroatoms. The summed E-state index contributed by atoms with van der Waals surface area (Å²) in [5.74, 6) is 0.791. The summed E-state index contributed by atoms with van der Waals surface area (Å²) < 4.78 is 5.12. The molecule has 1 amide bonds. The SMILES string of the molecule is COc1ccc(CNCN(C)C(=O)c2cnc(SC)nc2N)cc1. The number of nitrogens with one attached hydrogen (secondary N) is 1. The van der Waals surface area contributed by atoms with Crippen LogP contribution < -0.4 is 15.8 Å². The van der Waals surface area contributed by atoms with Crippen LogP contribution in [0.1, 0.15) is 15.9 Å². The molecule has 0 aliphatic carbocycles. The summed E-state index contributed by atoms with van der Waals surface area (Å²) in [6.45, 7) is 1.02. The van der Waals surface area contributed by atoms with E-state index in [4.69, 9.17) is 10.5 Å². The van der Waals surface area contributed by atoms with Gasteiger partial charge in [0.15, 0.2) is 5.16 Å². The van der Waals surface area contributed by atoms with Gasteiger partial charge in [-0.2, -0.15) is 0 Å². The standard InChI is InChI=1S/C16H21N5O2S/c1-21(10-18-8-11-4-6-12(23-2)7-5-11)15(22)13-9-19-16(24-3)20-14(13)17/h4-7,9,18H,8,10H2,1-3H3,(H2,17,19,20). The molecule has 0 saturated heterocycles. The Bertz CT molecular complexity index is 693. The summed E-state index contributed by atoms with van der Waals surface area (Å²) in [5, 5.41) is 3.76. The minimum absolute atomic E-state index is 0.196. The van der Waals surface area contributed by atoms with Crippen LogP contribution in [0.3, 0.4) is 0 Å². The van der Waals surface area contributed by atoms with Gasteiger partial charge in [-0.1, -0.05) is 23.9 Å². The van der Waals surface area contributed by atoms with E-state index in [1.165, 1.54) is 22.9 Å². The number of nitrogen functional groups attached to an aromatic ring is 1. The summed E-state index contributed by atoms with van der Waals surface area (Å²) in [6.07, 6.45) is 3.32. The first-order valence-corrected chi connectivity index (χ1v) is 8.53. The Morgan fingerprint density at radius 1 is 1.38 bits per heavy atom. The molecule has 0 radical (unpaired) electrons. The van der Waals surface area contributed by atoms with Gasteiger partial charge in [-0.15, -0.1) is 0 Å². The van der Waals surface area contributed by atoms with E-state index < -0.39 is 0 Å². The van der Waals surface area contributed by atoms with Crippen molar-refractivity contribution in [2.45, 2.75) is 11.7 Å². The fraction of sp³-hybridized carbons (Fsp3) is 0.312. The molecule has 0 spiro atoms. The number of thioether (sulfide) groups is 1. The van der Waals surface area contributed by atoms with Crippen molar-refractivity contribution in [1.29, 1.82) is 0 Å². The molecular weight excluding hydrogens is 326 g/mol. The Morgan fingerprint density at radius 3 is 2.67 bits per heavy atom. The third-order valence-electron chi connectivity index (χ3n) is 3.39. The number of benzene rings is 1. The second-order valence-electron chi connectivity index (χ2n) is 5.09. The molecule has 24 heavy (non-hydrogen) atoms. The number of ether oxygens (including phenoxy) is 1. The Kier molecular flexibility index (Phi) is 6.39. The third-order valence-corrected chi connectivity index (χ3v) is 3.95. The van der Waals surface area contributed by atoms with Gasteiger partial charge in [0.05, 0.1) is 13.8 Å². The molecular formula is C16H21N5O2S. The van der Waals surface area contributed by atoms with Gasteiger partial charge >= 0.3 is 0 Å². The van der Waals surface area contributed by atoms with Crippen molar-refractivity contribution in [1.82, 2.24) is 20.2 Å². The zero-order valence-corrected chi connectivity index (χ0v) is 14.8. The Hall–Kier alpha value is -2.32. The van der Waals surface area contributed by atoms with Crippen LogP contribution in [-0.2, 0) is 6.54 Å². The van der Waals surface area contributed by atoms with Crippen LogP contribution in [0.2, 0.25) is 0 Å². The van der Waals surface area contributed by atoms with E-state index in [-0.39, 0.29) is 11.7 Å². The molecule has 0 atom stereocenters. The first-order chi connectivity index (χ1) is 11.5. The molecule has 7 nitrogen and oxygen atoms in total. The number of nitrogens with zero attached hydrogens (tertiary/aromatic N) is 3. The molecule has 0 saturated carbocycles. The fourth-order valence-corrected chi connectivity index (χ4v) is 2.38. The average molecular weight is 347 g/mol. The highest BCUT2D eigenvalue weighted by atomic mass is 32.2. The number of hydrogen-bond donors (Lipinski definition) is 2. The van der Waals surface area contributed by atoms with Gasteiger partial charge in [0.2, 0.25) is 0 Å². The number of amides is 1. The van der Waals surface area contributed by atoms with Crippen LogP contribution in [0.4, 0.5) is 5.82 Å². The predicted molar refractivity (Wildman–Crippen MR) is 95.0 cm³/mol. The topological polar surface area (TPSA) is 93.4 Å². The normalized spacial score (nSPS) is 10.5. The molecule has 0 fully saturated rings. The molecule has 2 aromatic rings. The summed E-state index contributed by atoms with van der Waals surface area (Å²) >= 11 is 1.38. The van der Waals surface area contributed by atoms with Gasteiger partial charge in [0, 0.05) is 19.8 Å². The van der Waals surface area contributed by atoms with Crippen LogP contribution in [0.25, 0.3) is 0 Å². The summed E-state index contributed by atoms with van der Waals surface area (Å²) in [5.41, 5.74) is 7.25. The number of rotatable bonds is 7. The monoisotopic (exact) mass is 347 g/mol. The fourth-order valence-electron chi connectivity index (χ4n) is 2.03. The Morgan fingerprint density at radius 2 is 2.08 bits per heavy atom. The van der Waals surface area contributed by atoms with Gasteiger partial charge in [0.25, 0.3) is 5.91 Å². The van der Waals surface area contributed by atoms with Crippen LogP contribution in [0.5, 0.6) is 5.75 Å². The van der Waals surface area contributed by atoms with Crippen LogP contribution in [0.15, 0.2) is 35.6 Å². The second-order valence-corrected chi connectivity index (χ2v) is 5.87. The molecule has 1 aromatic heterocycles. The summed E-state index contributed by atoms with van der Waals surface area (Å²) in [6, 6.07) is 7.75. The molecule has 128 valence electrons. The minimum Gasteiger partial charge on any atom is -0.497 e. The van der Waals surface area contributed by atoms with Crippen molar-refractivity contribution in [3.8, 4) is 5.75 Å². The minimum atomic E-state index is -0.220. The maximum absolute atomic E-state index is 12.4. The maximum Gasteiger partial charge on any atom is 0.259 e. The lowest BCUT2D eigenvalue weighted by molar-refractivity contribution is 0.0783. The van der Waals surface area contributed by atoms with Crippen LogP contribution in [0, 0.1) is 0 Å². The van der Waals surface area contributed by atoms with Gasteiger partial charge < -0.3 is 15.4 Å². The quantitative estimate of drug-likeness (QED) is 0.446.